The number of methoxy groups -OCH3 is 1. The number of hydrogen-bond acceptors (Lipinski definition) is 5. The third-order valence-corrected chi connectivity index (χ3v) is 6.19. The molecule has 0 aliphatic heterocycles. The van der Waals surface area contributed by atoms with Crippen LogP contribution in [0.1, 0.15) is 35.4 Å². The first-order valence-corrected chi connectivity index (χ1v) is 12.9. The fraction of sp³-hybridized carbons (Fsp3) is 0.348. The lowest BCUT2D eigenvalue weighted by molar-refractivity contribution is -0.141. The number of rotatable bonds is 10. The first-order valence-electron chi connectivity index (χ1n) is 10.6. The minimum absolute atomic E-state index is 0.00885. The summed E-state index contributed by atoms with van der Waals surface area (Å²) in [6, 6.07) is 13.0. The molecule has 7 nitrogen and oxygen atoms in total. The van der Waals surface area contributed by atoms with Crippen LogP contribution in [0.2, 0.25) is 5.02 Å². The quantitative estimate of drug-likeness (QED) is 0.403. The Balaban J connectivity index is 1.72. The molecule has 190 valence electrons. The summed E-state index contributed by atoms with van der Waals surface area (Å²) in [6.07, 6.45) is -3.49. The van der Waals surface area contributed by atoms with Crippen molar-refractivity contribution in [1.29, 1.82) is 0 Å². The van der Waals surface area contributed by atoms with E-state index < -0.39 is 21.9 Å². The number of benzene rings is 2. The minimum atomic E-state index is -4.57. The molecule has 0 fully saturated rings. The Morgan fingerprint density at radius 2 is 1.89 bits per heavy atom. The van der Waals surface area contributed by atoms with Gasteiger partial charge < -0.3 is 10.1 Å². The van der Waals surface area contributed by atoms with E-state index in [1.54, 1.807) is 30.3 Å². The molecule has 3 aromatic rings. The largest absolute Gasteiger partial charge is 0.496 e. The van der Waals surface area contributed by atoms with Crippen LogP contribution in [0.4, 0.5) is 13.2 Å². The number of nitrogens with one attached hydrogen (secondary N) is 2. The highest BCUT2D eigenvalue weighted by Gasteiger charge is 2.35. The van der Waals surface area contributed by atoms with Crippen LogP contribution < -0.4 is 14.8 Å². The van der Waals surface area contributed by atoms with Gasteiger partial charge in [-0.05, 0) is 41.8 Å². The molecule has 2 aromatic carbocycles. The van der Waals surface area contributed by atoms with E-state index in [-0.39, 0.29) is 19.0 Å². The lowest BCUT2D eigenvalue weighted by atomic mass is 9.99. The van der Waals surface area contributed by atoms with Gasteiger partial charge >= 0.3 is 6.18 Å². The molecule has 0 spiro atoms. The zero-order valence-corrected chi connectivity index (χ0v) is 20.9. The second kappa shape index (κ2) is 11.0. The summed E-state index contributed by atoms with van der Waals surface area (Å²) in [4.78, 5) is 0. The molecule has 2 N–H and O–H groups in total. The van der Waals surface area contributed by atoms with E-state index in [4.69, 9.17) is 16.3 Å². The number of halogens is 4. The smallest absolute Gasteiger partial charge is 0.435 e. The minimum Gasteiger partial charge on any atom is -0.496 e. The Morgan fingerprint density at radius 3 is 2.51 bits per heavy atom. The molecule has 0 bridgehead atoms. The standard InChI is InChI=1S/C23H26ClF3N4O3S/c1-15(16-7-8-17(21(9-16)34-2)13-29-35(3,32)33)12-28-14-20-11-22(23(25,26)27)30-31(20)19-6-4-5-18(24)10-19/h4-11,15,28-29H,12-14H2,1-3H3. The molecule has 12 heteroatoms. The summed E-state index contributed by atoms with van der Waals surface area (Å²) < 4.78 is 71.7. The topological polar surface area (TPSA) is 85.2 Å². The van der Waals surface area contributed by atoms with E-state index in [1.165, 1.54) is 11.8 Å². The fourth-order valence-corrected chi connectivity index (χ4v) is 4.08. The predicted octanol–water partition coefficient (Wildman–Crippen LogP) is 4.50. The number of alkyl halides is 3. The molecular weight excluding hydrogens is 505 g/mol. The van der Waals surface area contributed by atoms with Gasteiger partial charge in [0.25, 0.3) is 0 Å². The van der Waals surface area contributed by atoms with Gasteiger partial charge in [0.15, 0.2) is 5.69 Å². The number of nitrogens with zero attached hydrogens (tertiary/aromatic N) is 2. The Labute approximate surface area is 207 Å². The molecule has 1 unspecified atom stereocenters. The summed E-state index contributed by atoms with van der Waals surface area (Å²) >= 11 is 6.01. The fourth-order valence-electron chi connectivity index (χ4n) is 3.47. The normalized spacial score (nSPS) is 13.1. The monoisotopic (exact) mass is 530 g/mol. The SMILES string of the molecule is COc1cc(C(C)CNCc2cc(C(F)(F)F)nn2-c2cccc(Cl)c2)ccc1CNS(C)(=O)=O. The van der Waals surface area contributed by atoms with Crippen LogP contribution in [0.5, 0.6) is 5.75 Å². The van der Waals surface area contributed by atoms with Gasteiger partial charge in [-0.15, -0.1) is 0 Å². The Hall–Kier alpha value is -2.60. The van der Waals surface area contributed by atoms with Gasteiger partial charge in [0.1, 0.15) is 5.75 Å². The first kappa shape index (κ1) is 27.0. The maximum Gasteiger partial charge on any atom is 0.435 e. The second-order valence-electron chi connectivity index (χ2n) is 8.11. The maximum absolute atomic E-state index is 13.3. The Bertz CT molecular complexity index is 1280. The molecule has 0 radical (unpaired) electrons. The summed E-state index contributed by atoms with van der Waals surface area (Å²) in [5.74, 6) is 0.532. The van der Waals surface area contributed by atoms with E-state index in [9.17, 15) is 21.6 Å². The zero-order chi connectivity index (χ0) is 25.8. The summed E-state index contributed by atoms with van der Waals surface area (Å²) in [5, 5.41) is 7.33. The summed E-state index contributed by atoms with van der Waals surface area (Å²) in [7, 11) is -1.84. The van der Waals surface area contributed by atoms with Crippen molar-refractivity contribution in [2.75, 3.05) is 19.9 Å². The molecule has 1 aromatic heterocycles. The lowest BCUT2D eigenvalue weighted by Gasteiger charge is -2.17. The molecule has 0 amide bonds. The molecule has 1 atom stereocenters. The average molecular weight is 531 g/mol. The van der Waals surface area contributed by atoms with Crippen LogP contribution in [0, 0.1) is 0 Å². The Morgan fingerprint density at radius 1 is 1.14 bits per heavy atom. The summed E-state index contributed by atoms with van der Waals surface area (Å²) in [5.41, 5.74) is 1.40. The van der Waals surface area contributed by atoms with E-state index in [0.717, 1.165) is 17.9 Å². The highest BCUT2D eigenvalue weighted by Crippen LogP contribution is 2.30. The van der Waals surface area contributed by atoms with Crippen LogP contribution in [-0.4, -0.2) is 38.1 Å². The molecule has 0 saturated carbocycles. The molecular formula is C23H26ClF3N4O3S. The van der Waals surface area contributed by atoms with Crippen molar-refractivity contribution in [2.45, 2.75) is 32.1 Å². The van der Waals surface area contributed by atoms with E-state index in [1.807, 2.05) is 19.1 Å². The molecule has 0 saturated heterocycles. The number of hydrogen-bond donors (Lipinski definition) is 2. The van der Waals surface area contributed by atoms with Gasteiger partial charge in [0.2, 0.25) is 10.0 Å². The zero-order valence-electron chi connectivity index (χ0n) is 19.4. The van der Waals surface area contributed by atoms with Crippen molar-refractivity contribution in [3.63, 3.8) is 0 Å². The van der Waals surface area contributed by atoms with Gasteiger partial charge in [-0.3, -0.25) is 0 Å². The number of aromatic nitrogens is 2. The van der Waals surface area contributed by atoms with Crippen molar-refractivity contribution < 1.29 is 26.3 Å². The van der Waals surface area contributed by atoms with Gasteiger partial charge in [-0.1, -0.05) is 36.7 Å². The first-order chi connectivity index (χ1) is 16.4. The van der Waals surface area contributed by atoms with Crippen LogP contribution in [-0.2, 0) is 29.3 Å². The second-order valence-corrected chi connectivity index (χ2v) is 10.4. The Kier molecular flexibility index (Phi) is 8.47. The molecule has 3 rings (SSSR count). The van der Waals surface area contributed by atoms with Gasteiger partial charge in [-0.2, -0.15) is 18.3 Å². The van der Waals surface area contributed by atoms with E-state index in [2.05, 4.69) is 15.1 Å². The van der Waals surface area contributed by atoms with Crippen LogP contribution in [0.25, 0.3) is 5.69 Å². The van der Waals surface area contributed by atoms with Crippen molar-refractivity contribution in [1.82, 2.24) is 19.8 Å². The van der Waals surface area contributed by atoms with Gasteiger partial charge in [-0.25, -0.2) is 17.8 Å². The molecule has 1 heterocycles. The average Bonchev–Trinajstić information content (AvgIpc) is 3.22. The third-order valence-electron chi connectivity index (χ3n) is 5.29. The van der Waals surface area contributed by atoms with Crippen molar-refractivity contribution in [3.8, 4) is 11.4 Å². The highest BCUT2D eigenvalue weighted by molar-refractivity contribution is 7.88. The number of ether oxygens (including phenoxy) is 1. The van der Waals surface area contributed by atoms with Crippen molar-refractivity contribution >= 4 is 21.6 Å². The van der Waals surface area contributed by atoms with E-state index in [0.29, 0.717) is 34.3 Å². The number of sulfonamides is 1. The lowest BCUT2D eigenvalue weighted by Crippen LogP contribution is -2.22. The molecule has 35 heavy (non-hydrogen) atoms. The highest BCUT2D eigenvalue weighted by atomic mass is 35.5. The molecule has 0 aliphatic carbocycles. The third kappa shape index (κ3) is 7.44. The predicted molar refractivity (Wildman–Crippen MR) is 128 cm³/mol. The maximum atomic E-state index is 13.3. The van der Waals surface area contributed by atoms with Crippen LogP contribution >= 0.6 is 11.6 Å². The van der Waals surface area contributed by atoms with Crippen LogP contribution in [0.3, 0.4) is 0 Å². The van der Waals surface area contributed by atoms with Gasteiger partial charge in [0.05, 0.1) is 24.7 Å². The van der Waals surface area contributed by atoms with Crippen molar-refractivity contribution in [2.24, 2.45) is 0 Å². The van der Waals surface area contributed by atoms with Gasteiger partial charge in [0, 0.05) is 30.2 Å². The summed E-state index contributed by atoms with van der Waals surface area (Å²) in [6.45, 7) is 2.68. The van der Waals surface area contributed by atoms with Crippen LogP contribution in [0.15, 0.2) is 48.5 Å². The molecule has 0 aliphatic rings. The van der Waals surface area contributed by atoms with E-state index >= 15 is 0 Å². The van der Waals surface area contributed by atoms with Crippen molar-refractivity contribution in [3.05, 3.63) is 76.1 Å².